The summed E-state index contributed by atoms with van der Waals surface area (Å²) in [5.41, 5.74) is 2.21. The third-order valence-corrected chi connectivity index (χ3v) is 5.93. The highest BCUT2D eigenvalue weighted by Gasteiger charge is 2.35. The maximum Gasteiger partial charge on any atom is 0.223 e. The molecule has 1 atom stereocenters. The van der Waals surface area contributed by atoms with Gasteiger partial charge < -0.3 is 14.8 Å². The Labute approximate surface area is 185 Å². The van der Waals surface area contributed by atoms with Crippen molar-refractivity contribution < 1.29 is 9.59 Å². The molecular formula is C25H34N4O2. The van der Waals surface area contributed by atoms with Gasteiger partial charge in [-0.05, 0) is 37.1 Å². The maximum atomic E-state index is 13.4. The topological polar surface area (TPSA) is 67.2 Å². The molecule has 0 saturated carbocycles. The summed E-state index contributed by atoms with van der Waals surface area (Å²) in [4.78, 5) is 32.9. The van der Waals surface area contributed by atoms with Crippen LogP contribution in [0.4, 0.5) is 0 Å². The fraction of sp³-hybridized carbons (Fsp3) is 0.480. The van der Waals surface area contributed by atoms with Crippen LogP contribution in [0.2, 0.25) is 0 Å². The van der Waals surface area contributed by atoms with Crippen molar-refractivity contribution in [2.45, 2.75) is 46.7 Å². The molecule has 1 aromatic carbocycles. The molecule has 6 nitrogen and oxygen atoms in total. The predicted octanol–water partition coefficient (Wildman–Crippen LogP) is 3.87. The number of nitrogens with zero attached hydrogens (tertiary/aromatic N) is 3. The molecule has 0 unspecified atom stereocenters. The van der Waals surface area contributed by atoms with E-state index in [0.29, 0.717) is 12.2 Å². The van der Waals surface area contributed by atoms with E-state index in [2.05, 4.69) is 21.8 Å². The van der Waals surface area contributed by atoms with Crippen LogP contribution < -0.4 is 5.32 Å². The van der Waals surface area contributed by atoms with Gasteiger partial charge in [0.1, 0.15) is 11.5 Å². The maximum absolute atomic E-state index is 13.4. The first-order valence-electron chi connectivity index (χ1n) is 11.0. The van der Waals surface area contributed by atoms with Crippen molar-refractivity contribution >= 4 is 23.8 Å². The molecule has 3 rings (SSSR count). The van der Waals surface area contributed by atoms with Crippen LogP contribution in [0.5, 0.6) is 0 Å². The van der Waals surface area contributed by atoms with Crippen molar-refractivity contribution in [2.75, 3.05) is 20.6 Å². The smallest absolute Gasteiger partial charge is 0.223 e. The quantitative estimate of drug-likeness (QED) is 0.718. The number of amides is 1. The Balaban J connectivity index is 1.97. The number of ketones is 1. The summed E-state index contributed by atoms with van der Waals surface area (Å²) in [7, 11) is 3.69. The van der Waals surface area contributed by atoms with Gasteiger partial charge in [-0.25, -0.2) is 4.98 Å². The zero-order valence-electron chi connectivity index (χ0n) is 19.3. The molecule has 0 radical (unpaired) electrons. The van der Waals surface area contributed by atoms with E-state index in [0.717, 1.165) is 36.6 Å². The number of Topliss-reactive ketones (excluding diaryl/α,β-unsaturated/α-hetero) is 1. The molecule has 166 valence electrons. The largest absolute Gasteiger partial charge is 0.359 e. The minimum absolute atomic E-state index is 0.0677. The van der Waals surface area contributed by atoms with E-state index < -0.39 is 5.92 Å². The molecule has 6 heteroatoms. The van der Waals surface area contributed by atoms with Gasteiger partial charge in [-0.15, -0.1) is 0 Å². The van der Waals surface area contributed by atoms with Gasteiger partial charge in [-0.1, -0.05) is 57.2 Å². The van der Waals surface area contributed by atoms with E-state index in [-0.39, 0.29) is 23.5 Å². The first-order valence-corrected chi connectivity index (χ1v) is 11.0. The molecule has 1 amide bonds. The Kier molecular flexibility index (Phi) is 7.11. The van der Waals surface area contributed by atoms with E-state index in [1.807, 2.05) is 63.3 Å². The van der Waals surface area contributed by atoms with E-state index in [1.165, 1.54) is 0 Å². The Bertz CT molecular complexity index is 954. The number of carbonyl (C=O) groups excluding carboxylic acids is 2. The second-order valence-electron chi connectivity index (χ2n) is 9.41. The second-order valence-corrected chi connectivity index (χ2v) is 9.41. The van der Waals surface area contributed by atoms with Gasteiger partial charge in [0.25, 0.3) is 0 Å². The van der Waals surface area contributed by atoms with Gasteiger partial charge in [0.05, 0.1) is 11.6 Å². The highest BCUT2D eigenvalue weighted by atomic mass is 16.2. The minimum atomic E-state index is -0.408. The molecule has 1 aliphatic heterocycles. The Morgan fingerprint density at radius 2 is 1.87 bits per heavy atom. The van der Waals surface area contributed by atoms with E-state index in [4.69, 9.17) is 4.98 Å². The first-order chi connectivity index (χ1) is 14.7. The summed E-state index contributed by atoms with van der Waals surface area (Å²) in [5.74, 6) is 0.216. The van der Waals surface area contributed by atoms with Crippen LogP contribution in [0.1, 0.15) is 61.2 Å². The van der Waals surface area contributed by atoms with Crippen LogP contribution in [0.25, 0.3) is 12.2 Å². The number of nitrogens with one attached hydrogen (secondary N) is 1. The lowest BCUT2D eigenvalue weighted by molar-refractivity contribution is -0.127. The summed E-state index contributed by atoms with van der Waals surface area (Å²) < 4.78 is 2.17. The Hall–Kier alpha value is -2.73. The monoisotopic (exact) mass is 422 g/mol. The molecular weight excluding hydrogens is 388 g/mol. The van der Waals surface area contributed by atoms with Crippen molar-refractivity contribution in [1.29, 1.82) is 0 Å². The number of rotatable bonds is 6. The zero-order chi connectivity index (χ0) is 22.6. The summed E-state index contributed by atoms with van der Waals surface area (Å²) in [6.45, 7) is 8.46. The molecule has 0 saturated heterocycles. The Morgan fingerprint density at radius 3 is 2.52 bits per heavy atom. The Morgan fingerprint density at radius 1 is 1.16 bits per heavy atom. The van der Waals surface area contributed by atoms with Crippen LogP contribution in [0, 0.1) is 11.3 Å². The van der Waals surface area contributed by atoms with Gasteiger partial charge in [-0.3, -0.25) is 9.59 Å². The third kappa shape index (κ3) is 5.50. The third-order valence-electron chi connectivity index (χ3n) is 5.93. The number of hydrogen-bond donors (Lipinski definition) is 1. The fourth-order valence-corrected chi connectivity index (χ4v) is 4.08. The molecule has 0 fully saturated rings. The fourth-order valence-electron chi connectivity index (χ4n) is 4.08. The number of aromatic nitrogens is 2. The van der Waals surface area contributed by atoms with Gasteiger partial charge in [0, 0.05) is 26.6 Å². The average molecular weight is 423 g/mol. The predicted molar refractivity (Wildman–Crippen MR) is 125 cm³/mol. The van der Waals surface area contributed by atoms with Crippen molar-refractivity contribution in [1.82, 2.24) is 19.8 Å². The van der Waals surface area contributed by atoms with Gasteiger partial charge in [0.15, 0.2) is 5.78 Å². The average Bonchev–Trinajstić information content (AvgIpc) is 2.94. The lowest BCUT2D eigenvalue weighted by Gasteiger charge is -2.28. The number of hydrogen-bond acceptors (Lipinski definition) is 4. The molecule has 2 aromatic rings. The molecule has 1 aliphatic rings. The van der Waals surface area contributed by atoms with Gasteiger partial charge >= 0.3 is 0 Å². The van der Waals surface area contributed by atoms with Crippen LogP contribution in [-0.4, -0.2) is 46.8 Å². The lowest BCUT2D eigenvalue weighted by atomic mass is 9.77. The van der Waals surface area contributed by atoms with Crippen LogP contribution in [0.15, 0.2) is 30.3 Å². The van der Waals surface area contributed by atoms with E-state index in [1.54, 1.807) is 7.05 Å². The van der Waals surface area contributed by atoms with Gasteiger partial charge in [0.2, 0.25) is 5.91 Å². The SMILES string of the molecule is CNC(=O)[C@@H](CC(=O)c1nc(/C=C/c2ccccc2)n2c1CN(C)CCC2)C(C)(C)C. The van der Waals surface area contributed by atoms with Crippen LogP contribution in [-0.2, 0) is 17.9 Å². The highest BCUT2D eigenvalue weighted by Crippen LogP contribution is 2.31. The molecule has 0 spiro atoms. The number of imidazole rings is 1. The lowest BCUT2D eigenvalue weighted by Crippen LogP contribution is -2.37. The second kappa shape index (κ2) is 9.60. The van der Waals surface area contributed by atoms with Gasteiger partial charge in [-0.2, -0.15) is 0 Å². The van der Waals surface area contributed by atoms with E-state index in [9.17, 15) is 9.59 Å². The molecule has 1 aromatic heterocycles. The van der Waals surface area contributed by atoms with Crippen molar-refractivity contribution in [2.24, 2.45) is 11.3 Å². The summed E-state index contributed by atoms with van der Waals surface area (Å²) in [5, 5.41) is 2.72. The summed E-state index contributed by atoms with van der Waals surface area (Å²) in [6, 6.07) is 10.1. The van der Waals surface area contributed by atoms with Crippen molar-refractivity contribution in [3.8, 4) is 0 Å². The molecule has 31 heavy (non-hydrogen) atoms. The van der Waals surface area contributed by atoms with E-state index >= 15 is 0 Å². The molecule has 0 aliphatic carbocycles. The van der Waals surface area contributed by atoms with Crippen LogP contribution >= 0.6 is 0 Å². The standard InChI is InChI=1S/C25H34N4O2/c1-25(2,3)19(24(31)26-4)16-21(30)23-20-17-28(5)14-9-15-29(20)22(27-23)13-12-18-10-7-6-8-11-18/h6-8,10-13,19H,9,14-17H2,1-5H3,(H,26,31)/b13-12+/t19-/m1/s1. The zero-order valence-corrected chi connectivity index (χ0v) is 19.3. The van der Waals surface area contributed by atoms with Crippen molar-refractivity contribution in [3.05, 3.63) is 53.1 Å². The molecule has 1 N–H and O–H groups in total. The minimum Gasteiger partial charge on any atom is -0.359 e. The normalized spacial score (nSPS) is 16.0. The number of benzene rings is 1. The molecule has 0 bridgehead atoms. The number of fused-ring (bicyclic) bond motifs is 1. The van der Waals surface area contributed by atoms with Crippen molar-refractivity contribution in [3.63, 3.8) is 0 Å². The summed E-state index contributed by atoms with van der Waals surface area (Å²) >= 11 is 0. The summed E-state index contributed by atoms with van der Waals surface area (Å²) in [6.07, 6.45) is 5.17. The van der Waals surface area contributed by atoms with Crippen LogP contribution in [0.3, 0.4) is 0 Å². The highest BCUT2D eigenvalue weighted by molar-refractivity contribution is 5.98. The molecule has 2 heterocycles. The number of carbonyl (C=O) groups is 2. The first kappa shape index (κ1) is 22.9.